The molecular formula is C7H12N2O2. The lowest BCUT2D eigenvalue weighted by Gasteiger charge is -2.11. The van der Waals surface area contributed by atoms with Crippen molar-refractivity contribution in [2.45, 2.75) is 25.8 Å². The first kappa shape index (κ1) is 8.20. The summed E-state index contributed by atoms with van der Waals surface area (Å²) in [6.07, 6.45) is 0.975. The maximum Gasteiger partial charge on any atom is 0.246 e. The SMILES string of the molecule is CCCN1C(=O)CC(N)C1=O. The van der Waals surface area contributed by atoms with Crippen LogP contribution in [0.1, 0.15) is 19.8 Å². The second kappa shape index (κ2) is 3.00. The first-order chi connectivity index (χ1) is 5.16. The second-order valence-corrected chi connectivity index (χ2v) is 2.69. The minimum absolute atomic E-state index is 0.135. The van der Waals surface area contributed by atoms with Gasteiger partial charge in [0.15, 0.2) is 0 Å². The Hall–Kier alpha value is -0.900. The van der Waals surface area contributed by atoms with Gasteiger partial charge < -0.3 is 5.73 Å². The predicted octanol–water partition coefficient (Wildman–Crippen LogP) is -0.517. The van der Waals surface area contributed by atoms with Crippen LogP contribution >= 0.6 is 0 Å². The van der Waals surface area contributed by atoms with Gasteiger partial charge in [-0.2, -0.15) is 0 Å². The van der Waals surface area contributed by atoms with E-state index < -0.39 is 6.04 Å². The number of carbonyl (C=O) groups is 2. The minimum atomic E-state index is -0.589. The highest BCUT2D eigenvalue weighted by Crippen LogP contribution is 2.10. The van der Waals surface area contributed by atoms with Crippen LogP contribution in [0.3, 0.4) is 0 Å². The van der Waals surface area contributed by atoms with Crippen LogP contribution in [0, 0.1) is 0 Å². The number of amides is 2. The molecule has 0 aliphatic carbocycles. The molecule has 0 bridgehead atoms. The number of carbonyl (C=O) groups excluding carboxylic acids is 2. The van der Waals surface area contributed by atoms with Crippen molar-refractivity contribution in [1.82, 2.24) is 4.90 Å². The summed E-state index contributed by atoms with van der Waals surface area (Å²) in [5.41, 5.74) is 5.38. The molecule has 11 heavy (non-hydrogen) atoms. The van der Waals surface area contributed by atoms with Gasteiger partial charge in [0.25, 0.3) is 0 Å². The van der Waals surface area contributed by atoms with Gasteiger partial charge in [0.05, 0.1) is 12.5 Å². The summed E-state index contributed by atoms with van der Waals surface area (Å²) in [6, 6.07) is -0.589. The first-order valence-electron chi connectivity index (χ1n) is 3.76. The Labute approximate surface area is 65.3 Å². The topological polar surface area (TPSA) is 63.4 Å². The molecule has 62 valence electrons. The monoisotopic (exact) mass is 156 g/mol. The van der Waals surface area contributed by atoms with Crippen molar-refractivity contribution in [3.8, 4) is 0 Å². The van der Waals surface area contributed by atoms with Crippen LogP contribution in [0.25, 0.3) is 0 Å². The molecule has 0 aromatic carbocycles. The molecule has 1 heterocycles. The Morgan fingerprint density at radius 3 is 2.64 bits per heavy atom. The predicted molar refractivity (Wildman–Crippen MR) is 39.6 cm³/mol. The number of nitrogens with two attached hydrogens (primary N) is 1. The molecular weight excluding hydrogens is 144 g/mol. The molecule has 2 N–H and O–H groups in total. The maximum absolute atomic E-state index is 11.1. The lowest BCUT2D eigenvalue weighted by atomic mass is 10.3. The van der Waals surface area contributed by atoms with Crippen LogP contribution < -0.4 is 5.73 Å². The third-order valence-electron chi connectivity index (χ3n) is 1.73. The van der Waals surface area contributed by atoms with E-state index in [1.54, 1.807) is 0 Å². The number of likely N-dealkylation sites (tertiary alicyclic amines) is 1. The van der Waals surface area contributed by atoms with Gasteiger partial charge in [-0.15, -0.1) is 0 Å². The van der Waals surface area contributed by atoms with Gasteiger partial charge in [-0.25, -0.2) is 0 Å². The van der Waals surface area contributed by atoms with E-state index in [0.717, 1.165) is 6.42 Å². The van der Waals surface area contributed by atoms with Gasteiger partial charge in [-0.1, -0.05) is 6.92 Å². The molecule has 2 amide bonds. The standard InChI is InChI=1S/C7H12N2O2/c1-2-3-9-6(10)4-5(8)7(9)11/h5H,2-4,8H2,1H3. The molecule has 0 aromatic heterocycles. The molecule has 4 heteroatoms. The molecule has 1 aliphatic rings. The third kappa shape index (κ3) is 1.40. The highest BCUT2D eigenvalue weighted by Gasteiger charge is 2.34. The number of hydrogen-bond donors (Lipinski definition) is 1. The Morgan fingerprint density at radius 1 is 1.64 bits per heavy atom. The smallest absolute Gasteiger partial charge is 0.246 e. The molecule has 0 radical (unpaired) electrons. The number of imide groups is 1. The molecule has 0 aromatic rings. The normalized spacial score (nSPS) is 24.9. The third-order valence-corrected chi connectivity index (χ3v) is 1.73. The van der Waals surface area contributed by atoms with Crippen LogP contribution in [0.2, 0.25) is 0 Å². The van der Waals surface area contributed by atoms with Crippen molar-refractivity contribution in [3.05, 3.63) is 0 Å². The highest BCUT2D eigenvalue weighted by molar-refractivity contribution is 6.05. The van der Waals surface area contributed by atoms with E-state index in [1.807, 2.05) is 6.92 Å². The van der Waals surface area contributed by atoms with Gasteiger partial charge in [-0.3, -0.25) is 14.5 Å². The van der Waals surface area contributed by atoms with E-state index in [4.69, 9.17) is 5.73 Å². The van der Waals surface area contributed by atoms with Gasteiger partial charge in [0.2, 0.25) is 11.8 Å². The number of nitrogens with zero attached hydrogens (tertiary/aromatic N) is 1. The van der Waals surface area contributed by atoms with E-state index in [2.05, 4.69) is 0 Å². The van der Waals surface area contributed by atoms with Crippen molar-refractivity contribution >= 4 is 11.8 Å². The fraction of sp³-hybridized carbons (Fsp3) is 0.714. The van der Waals surface area contributed by atoms with Crippen LogP contribution in [0.15, 0.2) is 0 Å². The summed E-state index contributed by atoms with van der Waals surface area (Å²) < 4.78 is 0. The number of rotatable bonds is 2. The van der Waals surface area contributed by atoms with E-state index in [-0.39, 0.29) is 18.2 Å². The zero-order chi connectivity index (χ0) is 8.43. The molecule has 1 rings (SSSR count). The highest BCUT2D eigenvalue weighted by atomic mass is 16.2. The lowest BCUT2D eigenvalue weighted by Crippen LogP contribution is -2.35. The average molecular weight is 156 g/mol. The maximum atomic E-state index is 11.1. The summed E-state index contributed by atoms with van der Waals surface area (Å²) in [4.78, 5) is 23.3. The Morgan fingerprint density at radius 2 is 2.27 bits per heavy atom. The van der Waals surface area contributed by atoms with Gasteiger partial charge >= 0.3 is 0 Å². The zero-order valence-corrected chi connectivity index (χ0v) is 6.54. The van der Waals surface area contributed by atoms with Crippen LogP contribution in [-0.4, -0.2) is 29.3 Å². The van der Waals surface area contributed by atoms with Crippen LogP contribution in [-0.2, 0) is 9.59 Å². The van der Waals surface area contributed by atoms with E-state index in [1.165, 1.54) is 4.90 Å². The van der Waals surface area contributed by atoms with Gasteiger partial charge in [0, 0.05) is 6.54 Å². The minimum Gasteiger partial charge on any atom is -0.319 e. The number of hydrogen-bond acceptors (Lipinski definition) is 3. The molecule has 1 fully saturated rings. The molecule has 1 saturated heterocycles. The van der Waals surface area contributed by atoms with Crippen molar-refractivity contribution in [2.75, 3.05) is 6.54 Å². The second-order valence-electron chi connectivity index (χ2n) is 2.69. The fourth-order valence-corrected chi connectivity index (χ4v) is 1.17. The average Bonchev–Trinajstić information content (AvgIpc) is 2.17. The molecule has 0 spiro atoms. The summed E-state index contributed by atoms with van der Waals surface area (Å²) in [5.74, 6) is -0.360. The van der Waals surface area contributed by atoms with E-state index >= 15 is 0 Å². The molecule has 1 aliphatic heterocycles. The van der Waals surface area contributed by atoms with Crippen molar-refractivity contribution in [3.63, 3.8) is 0 Å². The molecule has 1 unspecified atom stereocenters. The molecule has 1 atom stereocenters. The van der Waals surface area contributed by atoms with Gasteiger partial charge in [-0.05, 0) is 6.42 Å². The van der Waals surface area contributed by atoms with E-state index in [0.29, 0.717) is 6.54 Å². The summed E-state index contributed by atoms with van der Waals surface area (Å²) in [5, 5.41) is 0. The van der Waals surface area contributed by atoms with Crippen molar-refractivity contribution in [2.24, 2.45) is 5.73 Å². The van der Waals surface area contributed by atoms with Gasteiger partial charge in [0.1, 0.15) is 0 Å². The Balaban J connectivity index is 2.64. The van der Waals surface area contributed by atoms with E-state index in [9.17, 15) is 9.59 Å². The lowest BCUT2D eigenvalue weighted by molar-refractivity contribution is -0.138. The first-order valence-corrected chi connectivity index (χ1v) is 3.76. The fourth-order valence-electron chi connectivity index (χ4n) is 1.17. The Kier molecular flexibility index (Phi) is 2.24. The summed E-state index contributed by atoms with van der Waals surface area (Å²) in [7, 11) is 0. The van der Waals surface area contributed by atoms with Crippen LogP contribution in [0.5, 0.6) is 0 Å². The van der Waals surface area contributed by atoms with Crippen LogP contribution in [0.4, 0.5) is 0 Å². The largest absolute Gasteiger partial charge is 0.319 e. The zero-order valence-electron chi connectivity index (χ0n) is 6.54. The Bertz CT molecular complexity index is 191. The molecule has 0 saturated carbocycles. The van der Waals surface area contributed by atoms with Crippen molar-refractivity contribution < 1.29 is 9.59 Å². The summed E-state index contributed by atoms with van der Waals surface area (Å²) in [6.45, 7) is 2.43. The van der Waals surface area contributed by atoms with Crippen molar-refractivity contribution in [1.29, 1.82) is 0 Å². The quantitative estimate of drug-likeness (QED) is 0.547. The molecule has 4 nitrogen and oxygen atoms in total. The summed E-state index contributed by atoms with van der Waals surface area (Å²) >= 11 is 0.